The van der Waals surface area contributed by atoms with Crippen LogP contribution in [0.25, 0.3) is 0 Å². The average molecular weight is 476 g/mol. The van der Waals surface area contributed by atoms with Crippen LogP contribution in [0.5, 0.6) is 0 Å². The van der Waals surface area contributed by atoms with Crippen molar-refractivity contribution in [2.24, 2.45) is 10.2 Å². The first kappa shape index (κ1) is 25.0. The summed E-state index contributed by atoms with van der Waals surface area (Å²) in [6, 6.07) is 19.4. The van der Waals surface area contributed by atoms with Crippen LogP contribution in [0.2, 0.25) is 0 Å². The number of carbonyl (C=O) groups is 2. The molecule has 180 valence electrons. The van der Waals surface area contributed by atoms with Crippen molar-refractivity contribution in [2.75, 3.05) is 31.7 Å². The number of benzene rings is 3. The van der Waals surface area contributed by atoms with Crippen molar-refractivity contribution in [1.82, 2.24) is 0 Å². The van der Waals surface area contributed by atoms with Gasteiger partial charge in [0.1, 0.15) is 6.61 Å². The molecule has 10 nitrogen and oxygen atoms in total. The van der Waals surface area contributed by atoms with E-state index < -0.39 is 16.9 Å². The Balaban J connectivity index is 1.55. The van der Waals surface area contributed by atoms with E-state index in [4.69, 9.17) is 4.74 Å². The number of non-ortho nitro benzene ring substituents is 1. The van der Waals surface area contributed by atoms with Crippen molar-refractivity contribution in [3.63, 3.8) is 0 Å². The van der Waals surface area contributed by atoms with E-state index in [9.17, 15) is 19.7 Å². The lowest BCUT2D eigenvalue weighted by Crippen LogP contribution is -2.28. The predicted molar refractivity (Wildman–Crippen MR) is 130 cm³/mol. The Morgan fingerprint density at radius 3 is 2.03 bits per heavy atom. The molecule has 0 radical (unpaired) electrons. The zero-order valence-electron chi connectivity index (χ0n) is 19.3. The number of rotatable bonds is 10. The molecule has 3 aromatic rings. The second-order valence-corrected chi connectivity index (χ2v) is 7.28. The average Bonchev–Trinajstić information content (AvgIpc) is 2.90. The number of esters is 2. The smallest absolute Gasteiger partial charge is 0.338 e. The van der Waals surface area contributed by atoms with Crippen LogP contribution in [0.3, 0.4) is 0 Å². The molecule has 3 rings (SSSR count). The minimum absolute atomic E-state index is 0.00615. The Kier molecular flexibility index (Phi) is 8.60. The van der Waals surface area contributed by atoms with Gasteiger partial charge in [-0.15, -0.1) is 0 Å². The van der Waals surface area contributed by atoms with Crippen molar-refractivity contribution < 1.29 is 24.0 Å². The molecule has 0 saturated heterocycles. The third-order valence-electron chi connectivity index (χ3n) is 5.05. The van der Waals surface area contributed by atoms with E-state index in [1.54, 1.807) is 30.3 Å². The summed E-state index contributed by atoms with van der Waals surface area (Å²) in [7, 11) is 1.28. The monoisotopic (exact) mass is 476 g/mol. The van der Waals surface area contributed by atoms with Crippen molar-refractivity contribution in [1.29, 1.82) is 0 Å². The van der Waals surface area contributed by atoms with Crippen molar-refractivity contribution in [3.8, 4) is 0 Å². The molecule has 0 fully saturated rings. The largest absolute Gasteiger partial charge is 0.465 e. The van der Waals surface area contributed by atoms with Gasteiger partial charge in [-0.2, -0.15) is 10.2 Å². The highest BCUT2D eigenvalue weighted by molar-refractivity contribution is 5.95. The number of hydrogen-bond donors (Lipinski definition) is 0. The van der Waals surface area contributed by atoms with E-state index >= 15 is 0 Å². The van der Waals surface area contributed by atoms with Gasteiger partial charge in [0.15, 0.2) is 0 Å². The highest BCUT2D eigenvalue weighted by atomic mass is 16.6. The molecule has 0 spiro atoms. The van der Waals surface area contributed by atoms with Gasteiger partial charge >= 0.3 is 11.9 Å². The second-order valence-electron chi connectivity index (χ2n) is 7.28. The van der Waals surface area contributed by atoms with Gasteiger partial charge < -0.3 is 14.4 Å². The zero-order valence-corrected chi connectivity index (χ0v) is 19.3. The summed E-state index contributed by atoms with van der Waals surface area (Å²) in [5.41, 5.74) is 2.61. The van der Waals surface area contributed by atoms with Gasteiger partial charge in [0.2, 0.25) is 0 Å². The van der Waals surface area contributed by atoms with E-state index in [1.807, 2.05) is 24.0 Å². The zero-order chi connectivity index (χ0) is 25.2. The SMILES string of the molecule is CCN(CCOC(=O)c1cccc(C(=O)OC)c1)c1ccc(N=Nc2ccc([N+](=O)[O-])cc2)cc1. The summed E-state index contributed by atoms with van der Waals surface area (Å²) in [4.78, 5) is 36.3. The molecule has 0 unspecified atom stereocenters. The quantitative estimate of drug-likeness (QED) is 0.164. The molecule has 10 heteroatoms. The van der Waals surface area contributed by atoms with E-state index in [0.29, 0.717) is 24.5 Å². The summed E-state index contributed by atoms with van der Waals surface area (Å²) in [6.45, 7) is 3.32. The summed E-state index contributed by atoms with van der Waals surface area (Å²) in [5.74, 6) is -1.04. The maximum atomic E-state index is 12.4. The fraction of sp³-hybridized carbons (Fsp3) is 0.200. The predicted octanol–water partition coefficient (Wildman–Crippen LogP) is 5.48. The van der Waals surface area contributed by atoms with Gasteiger partial charge in [-0.1, -0.05) is 6.07 Å². The fourth-order valence-corrected chi connectivity index (χ4v) is 3.18. The summed E-state index contributed by atoms with van der Waals surface area (Å²) >= 11 is 0. The van der Waals surface area contributed by atoms with Gasteiger partial charge in [0.25, 0.3) is 5.69 Å². The Labute approximate surface area is 202 Å². The number of anilines is 1. The molecule has 3 aromatic carbocycles. The number of hydrogen-bond acceptors (Lipinski definition) is 9. The number of nitro groups is 1. The first-order chi connectivity index (χ1) is 16.9. The maximum Gasteiger partial charge on any atom is 0.338 e. The Morgan fingerprint density at radius 1 is 0.914 bits per heavy atom. The number of nitro benzene ring substituents is 1. The van der Waals surface area contributed by atoms with E-state index in [-0.39, 0.29) is 23.4 Å². The highest BCUT2D eigenvalue weighted by Gasteiger charge is 2.13. The molecular weight excluding hydrogens is 452 g/mol. The molecule has 0 amide bonds. The van der Waals surface area contributed by atoms with Crippen molar-refractivity contribution >= 4 is 34.7 Å². The van der Waals surface area contributed by atoms with Gasteiger partial charge in [-0.25, -0.2) is 9.59 Å². The van der Waals surface area contributed by atoms with Crippen LogP contribution in [0, 0.1) is 10.1 Å². The molecule has 0 aliphatic carbocycles. The molecule has 0 N–H and O–H groups in total. The molecule has 0 saturated carbocycles. The lowest BCUT2D eigenvalue weighted by molar-refractivity contribution is -0.384. The number of azo groups is 1. The van der Waals surface area contributed by atoms with Crippen LogP contribution in [0.4, 0.5) is 22.7 Å². The summed E-state index contributed by atoms with van der Waals surface area (Å²) < 4.78 is 10.0. The van der Waals surface area contributed by atoms with Crippen LogP contribution in [0.15, 0.2) is 83.0 Å². The highest BCUT2D eigenvalue weighted by Crippen LogP contribution is 2.23. The third kappa shape index (κ3) is 6.94. The molecule has 0 aliphatic rings. The Bertz CT molecular complexity index is 1210. The van der Waals surface area contributed by atoms with Gasteiger partial charge in [-0.05, 0) is 61.5 Å². The van der Waals surface area contributed by atoms with Crippen molar-refractivity contribution in [2.45, 2.75) is 6.92 Å². The summed E-state index contributed by atoms with van der Waals surface area (Å²) in [6.07, 6.45) is 0. The Hall–Kier alpha value is -4.60. The van der Waals surface area contributed by atoms with E-state index in [0.717, 1.165) is 5.69 Å². The molecule has 0 bridgehead atoms. The Morgan fingerprint density at radius 2 is 1.49 bits per heavy atom. The molecular formula is C25H24N4O6. The minimum atomic E-state index is -0.521. The molecule has 35 heavy (non-hydrogen) atoms. The number of carbonyl (C=O) groups excluding carboxylic acids is 2. The molecule has 0 aromatic heterocycles. The fourth-order valence-electron chi connectivity index (χ4n) is 3.18. The first-order valence-electron chi connectivity index (χ1n) is 10.8. The number of likely N-dealkylation sites (N-methyl/N-ethyl adjacent to an activating group) is 1. The molecule has 0 atom stereocenters. The van der Waals surface area contributed by atoms with Crippen LogP contribution >= 0.6 is 0 Å². The topological polar surface area (TPSA) is 124 Å². The lowest BCUT2D eigenvalue weighted by atomic mass is 10.1. The number of ether oxygens (including phenoxy) is 2. The minimum Gasteiger partial charge on any atom is -0.465 e. The number of methoxy groups -OCH3 is 1. The van der Waals surface area contributed by atoms with E-state index in [2.05, 4.69) is 15.0 Å². The van der Waals surface area contributed by atoms with E-state index in [1.165, 1.54) is 37.4 Å². The molecule has 0 aliphatic heterocycles. The maximum absolute atomic E-state index is 12.4. The molecule has 0 heterocycles. The standard InChI is InChI=1S/C25H24N4O6/c1-3-28(15-16-35-25(31)19-6-4-5-18(17-19)24(30)34-2)22-11-7-20(8-12-22)26-27-21-9-13-23(14-10-21)29(32)33/h4-14,17H,3,15-16H2,1-2H3. The number of nitrogens with zero attached hydrogens (tertiary/aromatic N) is 4. The lowest BCUT2D eigenvalue weighted by Gasteiger charge is -2.23. The van der Waals surface area contributed by atoms with Gasteiger partial charge in [0, 0.05) is 24.4 Å². The van der Waals surface area contributed by atoms with Crippen LogP contribution in [0.1, 0.15) is 27.6 Å². The van der Waals surface area contributed by atoms with Crippen LogP contribution < -0.4 is 4.90 Å². The van der Waals surface area contributed by atoms with Gasteiger partial charge in [-0.3, -0.25) is 10.1 Å². The van der Waals surface area contributed by atoms with Crippen LogP contribution in [-0.2, 0) is 9.47 Å². The third-order valence-corrected chi connectivity index (χ3v) is 5.05. The van der Waals surface area contributed by atoms with Crippen LogP contribution in [-0.4, -0.2) is 43.7 Å². The van der Waals surface area contributed by atoms with Crippen molar-refractivity contribution in [3.05, 3.63) is 94.0 Å². The first-order valence-corrected chi connectivity index (χ1v) is 10.8. The second kappa shape index (κ2) is 12.0. The van der Waals surface area contributed by atoms with Gasteiger partial charge in [0.05, 0.1) is 41.1 Å². The summed E-state index contributed by atoms with van der Waals surface area (Å²) in [5, 5.41) is 19.0. The normalized spacial score (nSPS) is 10.7.